The van der Waals surface area contributed by atoms with Crippen LogP contribution in [-0.2, 0) is 0 Å². The summed E-state index contributed by atoms with van der Waals surface area (Å²) in [6.07, 6.45) is 3.84. The van der Waals surface area contributed by atoms with E-state index >= 15 is 0 Å². The molecule has 1 atom stereocenters. The molecule has 0 saturated carbocycles. The number of rotatable bonds is 5. The minimum absolute atomic E-state index is 0.718. The Hall–Kier alpha value is -0.0400. The first kappa shape index (κ1) is 18.7. The van der Waals surface area contributed by atoms with E-state index in [2.05, 4.69) is 26.1 Å². The zero-order valence-corrected chi connectivity index (χ0v) is 10.9. The number of nitrogens with one attached hydrogen (secondary N) is 1. The molecule has 1 heteroatoms. The van der Waals surface area contributed by atoms with Gasteiger partial charge in [0.05, 0.1) is 0 Å². The fourth-order valence-corrected chi connectivity index (χ4v) is 0.926. The molecule has 1 unspecified atom stereocenters. The first-order valence-electron chi connectivity index (χ1n) is 6.04. The van der Waals surface area contributed by atoms with Crippen molar-refractivity contribution in [1.82, 2.24) is 5.32 Å². The van der Waals surface area contributed by atoms with Crippen LogP contribution in [-0.4, -0.2) is 12.6 Å². The van der Waals surface area contributed by atoms with Gasteiger partial charge in [-0.15, -0.1) is 0 Å². The van der Waals surface area contributed by atoms with Crippen LogP contribution in [0.1, 0.15) is 67.7 Å². The van der Waals surface area contributed by atoms with Crippen LogP contribution in [0.4, 0.5) is 0 Å². The minimum atomic E-state index is 0.718. The smallest absolute Gasteiger partial charge is 0.00386 e. The van der Waals surface area contributed by atoms with E-state index in [4.69, 9.17) is 0 Å². The van der Waals surface area contributed by atoms with Gasteiger partial charge in [0.25, 0.3) is 0 Å². The van der Waals surface area contributed by atoms with E-state index in [-0.39, 0.29) is 0 Å². The van der Waals surface area contributed by atoms with Crippen LogP contribution in [0.25, 0.3) is 0 Å². The molecular formula is C12H31N. The van der Waals surface area contributed by atoms with Gasteiger partial charge in [0.1, 0.15) is 0 Å². The molecule has 1 N–H and O–H groups in total. The fourth-order valence-electron chi connectivity index (χ4n) is 0.926. The SMILES string of the molecule is CC.CC.CCCNC(C)CCC. The fraction of sp³-hybridized carbons (Fsp3) is 1.00. The highest BCUT2D eigenvalue weighted by molar-refractivity contribution is 4.57. The summed E-state index contributed by atoms with van der Waals surface area (Å²) in [5, 5.41) is 3.43. The van der Waals surface area contributed by atoms with Gasteiger partial charge < -0.3 is 5.32 Å². The Morgan fingerprint density at radius 1 is 0.923 bits per heavy atom. The molecule has 0 fully saturated rings. The van der Waals surface area contributed by atoms with E-state index in [1.165, 1.54) is 25.8 Å². The lowest BCUT2D eigenvalue weighted by molar-refractivity contribution is 0.508. The number of hydrogen-bond acceptors (Lipinski definition) is 1. The zero-order chi connectivity index (χ0) is 11.1. The molecule has 0 amide bonds. The molecule has 0 aliphatic rings. The first-order chi connectivity index (χ1) is 6.31. The average Bonchev–Trinajstić information content (AvgIpc) is 2.21. The summed E-state index contributed by atoms with van der Waals surface area (Å²) in [7, 11) is 0. The summed E-state index contributed by atoms with van der Waals surface area (Å²) in [6.45, 7) is 15.8. The zero-order valence-electron chi connectivity index (χ0n) is 10.9. The third-order valence-corrected chi connectivity index (χ3v) is 1.46. The topological polar surface area (TPSA) is 12.0 Å². The lowest BCUT2D eigenvalue weighted by Crippen LogP contribution is -2.26. The van der Waals surface area contributed by atoms with Crippen molar-refractivity contribution in [3.05, 3.63) is 0 Å². The van der Waals surface area contributed by atoms with Crippen molar-refractivity contribution in [2.75, 3.05) is 6.54 Å². The molecule has 1 nitrogen and oxygen atoms in total. The van der Waals surface area contributed by atoms with Crippen LogP contribution in [0.2, 0.25) is 0 Å². The van der Waals surface area contributed by atoms with Gasteiger partial charge in [-0.1, -0.05) is 48.0 Å². The maximum Gasteiger partial charge on any atom is 0.00386 e. The largest absolute Gasteiger partial charge is 0.314 e. The van der Waals surface area contributed by atoms with Crippen molar-refractivity contribution < 1.29 is 0 Å². The molecule has 0 aromatic rings. The van der Waals surface area contributed by atoms with E-state index in [1.807, 2.05) is 27.7 Å². The summed E-state index contributed by atoms with van der Waals surface area (Å²) < 4.78 is 0. The quantitative estimate of drug-likeness (QED) is 0.682. The molecule has 0 spiro atoms. The average molecular weight is 189 g/mol. The van der Waals surface area contributed by atoms with Crippen LogP contribution in [0.5, 0.6) is 0 Å². The second-order valence-electron chi connectivity index (χ2n) is 2.64. The molecule has 0 saturated heterocycles. The summed E-state index contributed by atoms with van der Waals surface area (Å²) in [4.78, 5) is 0. The van der Waals surface area contributed by atoms with Gasteiger partial charge in [0.2, 0.25) is 0 Å². The summed E-state index contributed by atoms with van der Waals surface area (Å²) in [5.74, 6) is 0. The summed E-state index contributed by atoms with van der Waals surface area (Å²) in [6, 6.07) is 0.718. The van der Waals surface area contributed by atoms with Gasteiger partial charge in [0, 0.05) is 6.04 Å². The highest BCUT2D eigenvalue weighted by Gasteiger charge is 1.95. The van der Waals surface area contributed by atoms with Crippen molar-refractivity contribution in [1.29, 1.82) is 0 Å². The van der Waals surface area contributed by atoms with E-state index in [1.54, 1.807) is 0 Å². The first-order valence-corrected chi connectivity index (χ1v) is 6.04. The third kappa shape index (κ3) is 24.5. The van der Waals surface area contributed by atoms with Gasteiger partial charge in [0.15, 0.2) is 0 Å². The van der Waals surface area contributed by atoms with Crippen LogP contribution in [0.3, 0.4) is 0 Å². The highest BCUT2D eigenvalue weighted by atomic mass is 14.9. The molecule has 0 radical (unpaired) electrons. The third-order valence-electron chi connectivity index (χ3n) is 1.46. The minimum Gasteiger partial charge on any atom is -0.314 e. The highest BCUT2D eigenvalue weighted by Crippen LogP contribution is 1.93. The molecule has 0 aromatic carbocycles. The van der Waals surface area contributed by atoms with Gasteiger partial charge in [-0.05, 0) is 26.3 Å². The lowest BCUT2D eigenvalue weighted by atomic mass is 10.2. The van der Waals surface area contributed by atoms with E-state index < -0.39 is 0 Å². The van der Waals surface area contributed by atoms with Crippen molar-refractivity contribution in [2.45, 2.75) is 73.8 Å². The van der Waals surface area contributed by atoms with E-state index in [9.17, 15) is 0 Å². The Morgan fingerprint density at radius 3 is 1.69 bits per heavy atom. The molecule has 0 aliphatic heterocycles. The van der Waals surface area contributed by atoms with Crippen molar-refractivity contribution in [2.24, 2.45) is 0 Å². The Labute approximate surface area is 86.3 Å². The van der Waals surface area contributed by atoms with Crippen molar-refractivity contribution >= 4 is 0 Å². The molecule has 84 valence electrons. The van der Waals surface area contributed by atoms with Gasteiger partial charge in [-0.3, -0.25) is 0 Å². The molecule has 13 heavy (non-hydrogen) atoms. The van der Waals surface area contributed by atoms with Crippen molar-refractivity contribution in [3.8, 4) is 0 Å². The molecule has 0 aliphatic carbocycles. The Bertz CT molecular complexity index is 53.1. The number of hydrogen-bond donors (Lipinski definition) is 1. The Morgan fingerprint density at radius 2 is 1.38 bits per heavy atom. The van der Waals surface area contributed by atoms with E-state index in [0.29, 0.717) is 0 Å². The van der Waals surface area contributed by atoms with Gasteiger partial charge in [-0.2, -0.15) is 0 Å². The van der Waals surface area contributed by atoms with Gasteiger partial charge in [-0.25, -0.2) is 0 Å². The summed E-state index contributed by atoms with van der Waals surface area (Å²) >= 11 is 0. The second kappa shape index (κ2) is 22.7. The molecular weight excluding hydrogens is 158 g/mol. The second-order valence-corrected chi connectivity index (χ2v) is 2.64. The normalized spacial score (nSPS) is 10.4. The maximum atomic E-state index is 3.43. The summed E-state index contributed by atoms with van der Waals surface area (Å²) in [5.41, 5.74) is 0. The monoisotopic (exact) mass is 189 g/mol. The molecule has 0 heterocycles. The van der Waals surface area contributed by atoms with Crippen LogP contribution in [0, 0.1) is 0 Å². The van der Waals surface area contributed by atoms with E-state index in [0.717, 1.165) is 6.04 Å². The van der Waals surface area contributed by atoms with Crippen LogP contribution < -0.4 is 5.32 Å². The van der Waals surface area contributed by atoms with Crippen LogP contribution in [0.15, 0.2) is 0 Å². The molecule has 0 rings (SSSR count). The lowest BCUT2D eigenvalue weighted by Gasteiger charge is -2.10. The predicted molar refractivity (Wildman–Crippen MR) is 65.4 cm³/mol. The Balaban J connectivity index is -0.000000218. The van der Waals surface area contributed by atoms with Crippen molar-refractivity contribution in [3.63, 3.8) is 0 Å². The van der Waals surface area contributed by atoms with Gasteiger partial charge >= 0.3 is 0 Å². The maximum absolute atomic E-state index is 3.43. The van der Waals surface area contributed by atoms with Crippen LogP contribution >= 0.6 is 0 Å². The standard InChI is InChI=1S/C8H19N.2C2H6/c1-4-6-8(3)9-7-5-2;2*1-2/h8-9H,4-7H2,1-3H3;2*1-2H3. The molecule has 0 aromatic heterocycles. The molecule has 0 bridgehead atoms. The Kier molecular flexibility index (Phi) is 32.6. The predicted octanol–water partition coefficient (Wildman–Crippen LogP) is 4.23.